The molecule has 4 heteroatoms. The summed E-state index contributed by atoms with van der Waals surface area (Å²) in [6.45, 7) is 0. The highest BCUT2D eigenvalue weighted by molar-refractivity contribution is 7.98. The molecule has 0 radical (unpaired) electrons. The first-order chi connectivity index (χ1) is 8.16. The molecule has 0 aliphatic rings. The molecule has 2 N–H and O–H groups in total. The van der Waals surface area contributed by atoms with E-state index in [2.05, 4.69) is 0 Å². The number of nitrogen functional groups attached to an aromatic ring is 1. The first kappa shape index (κ1) is 11.9. The number of benzene rings is 2. The van der Waals surface area contributed by atoms with Crippen LogP contribution in [0.3, 0.4) is 0 Å². The molecule has 0 heterocycles. The van der Waals surface area contributed by atoms with E-state index in [1.165, 1.54) is 30.0 Å². The van der Waals surface area contributed by atoms with Crippen molar-refractivity contribution < 1.29 is 8.78 Å². The average Bonchev–Trinajstić information content (AvgIpc) is 2.30. The lowest BCUT2D eigenvalue weighted by atomic mass is 10.2. The number of halogens is 2. The predicted molar refractivity (Wildman–Crippen MR) is 66.8 cm³/mol. The zero-order valence-electron chi connectivity index (χ0n) is 8.99. The molecule has 0 unspecified atom stereocenters. The number of anilines is 1. The van der Waals surface area contributed by atoms with Crippen LogP contribution in [0, 0.1) is 11.6 Å². The second-order valence-corrected chi connectivity index (χ2v) is 4.58. The Morgan fingerprint density at radius 1 is 1.06 bits per heavy atom. The summed E-state index contributed by atoms with van der Waals surface area (Å²) >= 11 is 1.34. The van der Waals surface area contributed by atoms with E-state index in [0.29, 0.717) is 16.3 Å². The van der Waals surface area contributed by atoms with Crippen LogP contribution in [0.5, 0.6) is 0 Å². The van der Waals surface area contributed by atoms with Crippen LogP contribution >= 0.6 is 11.8 Å². The largest absolute Gasteiger partial charge is 0.398 e. The minimum absolute atomic E-state index is 0.252. The molecule has 0 fully saturated rings. The van der Waals surface area contributed by atoms with Gasteiger partial charge in [0.2, 0.25) is 0 Å². The third-order valence-electron chi connectivity index (χ3n) is 2.33. The van der Waals surface area contributed by atoms with Crippen molar-refractivity contribution in [3.8, 4) is 0 Å². The van der Waals surface area contributed by atoms with Crippen molar-refractivity contribution >= 4 is 17.4 Å². The Hall–Kier alpha value is -1.55. The second-order valence-electron chi connectivity index (χ2n) is 3.56. The van der Waals surface area contributed by atoms with Crippen LogP contribution < -0.4 is 5.73 Å². The first-order valence-electron chi connectivity index (χ1n) is 5.08. The van der Waals surface area contributed by atoms with Gasteiger partial charge in [0.1, 0.15) is 11.6 Å². The molecule has 0 aliphatic carbocycles. The van der Waals surface area contributed by atoms with E-state index in [1.54, 1.807) is 24.3 Å². The van der Waals surface area contributed by atoms with Gasteiger partial charge < -0.3 is 5.73 Å². The SMILES string of the molecule is Nc1cc(F)ccc1CSc1ccccc1F. The summed E-state index contributed by atoms with van der Waals surface area (Å²) in [7, 11) is 0. The molecule has 88 valence electrons. The Morgan fingerprint density at radius 3 is 2.53 bits per heavy atom. The Labute approximate surface area is 103 Å². The van der Waals surface area contributed by atoms with Crippen molar-refractivity contribution in [3.05, 3.63) is 59.7 Å². The van der Waals surface area contributed by atoms with Crippen molar-refractivity contribution in [2.45, 2.75) is 10.6 Å². The van der Waals surface area contributed by atoms with Crippen LogP contribution in [-0.2, 0) is 5.75 Å². The number of hydrogen-bond donors (Lipinski definition) is 1. The fourth-order valence-electron chi connectivity index (χ4n) is 1.41. The molecule has 0 amide bonds. The van der Waals surface area contributed by atoms with Crippen LogP contribution in [0.25, 0.3) is 0 Å². The Morgan fingerprint density at radius 2 is 1.82 bits per heavy atom. The van der Waals surface area contributed by atoms with E-state index < -0.39 is 0 Å². The molecule has 2 aromatic rings. The van der Waals surface area contributed by atoms with Gasteiger partial charge in [-0.3, -0.25) is 0 Å². The molecule has 0 aromatic heterocycles. The van der Waals surface area contributed by atoms with Crippen LogP contribution in [0.4, 0.5) is 14.5 Å². The summed E-state index contributed by atoms with van der Waals surface area (Å²) in [5, 5.41) is 0. The van der Waals surface area contributed by atoms with Gasteiger partial charge in [-0.2, -0.15) is 0 Å². The quantitative estimate of drug-likeness (QED) is 0.662. The maximum absolute atomic E-state index is 13.3. The van der Waals surface area contributed by atoms with Gasteiger partial charge in [-0.05, 0) is 29.8 Å². The van der Waals surface area contributed by atoms with Gasteiger partial charge in [0, 0.05) is 16.3 Å². The molecule has 2 aromatic carbocycles. The van der Waals surface area contributed by atoms with Crippen molar-refractivity contribution in [2.24, 2.45) is 0 Å². The topological polar surface area (TPSA) is 26.0 Å². The average molecular weight is 251 g/mol. The maximum atomic E-state index is 13.3. The number of thioether (sulfide) groups is 1. The van der Waals surface area contributed by atoms with E-state index in [9.17, 15) is 8.78 Å². The molecule has 1 nitrogen and oxygen atoms in total. The molecule has 0 spiro atoms. The molecular weight excluding hydrogens is 240 g/mol. The molecule has 17 heavy (non-hydrogen) atoms. The van der Waals surface area contributed by atoms with E-state index in [-0.39, 0.29) is 11.6 Å². The van der Waals surface area contributed by atoms with Crippen LogP contribution in [0.1, 0.15) is 5.56 Å². The minimum Gasteiger partial charge on any atom is -0.398 e. The molecule has 0 bridgehead atoms. The highest BCUT2D eigenvalue weighted by Crippen LogP contribution is 2.27. The lowest BCUT2D eigenvalue weighted by Gasteiger charge is -2.06. The van der Waals surface area contributed by atoms with Crippen LogP contribution in [0.2, 0.25) is 0 Å². The standard InChI is InChI=1S/C13H11F2NS/c14-10-6-5-9(12(16)7-10)8-17-13-4-2-1-3-11(13)15/h1-7H,8,16H2. The van der Waals surface area contributed by atoms with Crippen molar-refractivity contribution in [3.63, 3.8) is 0 Å². The van der Waals surface area contributed by atoms with E-state index in [0.717, 1.165) is 5.56 Å². The van der Waals surface area contributed by atoms with Crippen molar-refractivity contribution in [1.82, 2.24) is 0 Å². The number of rotatable bonds is 3. The lowest BCUT2D eigenvalue weighted by Crippen LogP contribution is -1.93. The van der Waals surface area contributed by atoms with Gasteiger partial charge in [0.25, 0.3) is 0 Å². The van der Waals surface area contributed by atoms with Crippen molar-refractivity contribution in [2.75, 3.05) is 5.73 Å². The van der Waals surface area contributed by atoms with E-state index in [4.69, 9.17) is 5.73 Å². The summed E-state index contributed by atoms with van der Waals surface area (Å²) in [6.07, 6.45) is 0. The van der Waals surface area contributed by atoms with Gasteiger partial charge in [-0.15, -0.1) is 11.8 Å². The first-order valence-corrected chi connectivity index (χ1v) is 6.06. The normalized spacial score (nSPS) is 10.5. The fourth-order valence-corrected chi connectivity index (χ4v) is 2.37. The zero-order valence-corrected chi connectivity index (χ0v) is 9.81. The zero-order chi connectivity index (χ0) is 12.3. The van der Waals surface area contributed by atoms with Gasteiger partial charge in [-0.1, -0.05) is 18.2 Å². The van der Waals surface area contributed by atoms with Crippen LogP contribution in [0.15, 0.2) is 47.4 Å². The minimum atomic E-state index is -0.359. The summed E-state index contributed by atoms with van der Waals surface area (Å²) in [5.41, 5.74) is 6.88. The van der Waals surface area contributed by atoms with Gasteiger partial charge in [-0.25, -0.2) is 8.78 Å². The Bertz CT molecular complexity index is 529. The van der Waals surface area contributed by atoms with Gasteiger partial charge in [0.15, 0.2) is 0 Å². The van der Waals surface area contributed by atoms with Crippen LogP contribution in [-0.4, -0.2) is 0 Å². The summed E-state index contributed by atoms with van der Waals surface area (Å²) < 4.78 is 26.2. The molecule has 0 saturated carbocycles. The number of nitrogens with two attached hydrogens (primary N) is 1. The highest BCUT2D eigenvalue weighted by Gasteiger charge is 2.05. The summed E-state index contributed by atoms with van der Waals surface area (Å²) in [6, 6.07) is 10.8. The second kappa shape index (κ2) is 5.19. The van der Waals surface area contributed by atoms with E-state index in [1.807, 2.05) is 0 Å². The summed E-state index contributed by atoms with van der Waals surface area (Å²) in [4.78, 5) is 0.566. The highest BCUT2D eigenvalue weighted by atomic mass is 32.2. The summed E-state index contributed by atoms with van der Waals surface area (Å²) in [5.74, 6) is -0.0899. The Balaban J connectivity index is 2.10. The smallest absolute Gasteiger partial charge is 0.136 e. The maximum Gasteiger partial charge on any atom is 0.136 e. The third kappa shape index (κ3) is 2.97. The number of hydrogen-bond acceptors (Lipinski definition) is 2. The Kier molecular flexibility index (Phi) is 3.64. The molecular formula is C13H11F2NS. The lowest BCUT2D eigenvalue weighted by molar-refractivity contribution is 0.602. The van der Waals surface area contributed by atoms with Crippen molar-refractivity contribution in [1.29, 1.82) is 0 Å². The van der Waals surface area contributed by atoms with Gasteiger partial charge in [0.05, 0.1) is 0 Å². The predicted octanol–water partition coefficient (Wildman–Crippen LogP) is 3.84. The van der Waals surface area contributed by atoms with Gasteiger partial charge >= 0.3 is 0 Å². The molecule has 2 rings (SSSR count). The molecule has 0 aliphatic heterocycles. The van der Waals surface area contributed by atoms with E-state index >= 15 is 0 Å². The third-order valence-corrected chi connectivity index (χ3v) is 3.43. The molecule has 0 atom stereocenters. The molecule has 0 saturated heterocycles. The monoisotopic (exact) mass is 251 g/mol. The fraction of sp³-hybridized carbons (Fsp3) is 0.0769.